The van der Waals surface area contributed by atoms with Crippen LogP contribution in [0.4, 0.5) is 11.4 Å². The molecular formula is C12H13BrN2O5. The lowest BCUT2D eigenvalue weighted by Crippen LogP contribution is -2.46. The number of rotatable bonds is 4. The molecule has 0 radical (unpaired) electrons. The number of carboxylic acids is 1. The number of benzene rings is 1. The molecule has 0 aliphatic carbocycles. The summed E-state index contributed by atoms with van der Waals surface area (Å²) in [5.41, 5.74) is 0.379. The van der Waals surface area contributed by atoms with E-state index < -0.39 is 16.9 Å². The Kier molecular flexibility index (Phi) is 4.56. The van der Waals surface area contributed by atoms with Gasteiger partial charge >= 0.3 is 5.97 Å². The van der Waals surface area contributed by atoms with E-state index in [-0.39, 0.29) is 18.7 Å². The Morgan fingerprint density at radius 2 is 2.35 bits per heavy atom. The van der Waals surface area contributed by atoms with Crippen LogP contribution in [0, 0.1) is 10.1 Å². The Labute approximate surface area is 123 Å². The summed E-state index contributed by atoms with van der Waals surface area (Å²) in [6.45, 7) is 1.09. The Morgan fingerprint density at radius 3 is 3.00 bits per heavy atom. The van der Waals surface area contributed by atoms with Gasteiger partial charge in [-0.1, -0.05) is 15.9 Å². The zero-order chi connectivity index (χ0) is 14.7. The maximum Gasteiger partial charge on any atom is 0.305 e. The van der Waals surface area contributed by atoms with Gasteiger partial charge in [0.1, 0.15) is 5.69 Å². The second-order valence-corrected chi connectivity index (χ2v) is 5.33. The van der Waals surface area contributed by atoms with Crippen molar-refractivity contribution in [1.82, 2.24) is 0 Å². The van der Waals surface area contributed by atoms with Crippen molar-refractivity contribution < 1.29 is 19.6 Å². The van der Waals surface area contributed by atoms with Crippen molar-refractivity contribution in [2.75, 3.05) is 24.7 Å². The van der Waals surface area contributed by atoms with Crippen LogP contribution in [0.5, 0.6) is 0 Å². The lowest BCUT2D eigenvalue weighted by atomic mass is 10.1. The second-order valence-electron chi connectivity index (χ2n) is 4.41. The fourth-order valence-corrected chi connectivity index (χ4v) is 2.57. The fraction of sp³-hybridized carbons (Fsp3) is 0.417. The minimum absolute atomic E-state index is 0.0366. The molecule has 8 heteroatoms. The minimum Gasteiger partial charge on any atom is -0.481 e. The van der Waals surface area contributed by atoms with Crippen LogP contribution in [0.2, 0.25) is 0 Å². The highest BCUT2D eigenvalue weighted by molar-refractivity contribution is 9.10. The third-order valence-corrected chi connectivity index (χ3v) is 3.57. The summed E-state index contributed by atoms with van der Waals surface area (Å²) in [4.78, 5) is 23.3. The summed E-state index contributed by atoms with van der Waals surface area (Å²) in [6.07, 6.45) is -0.121. The number of morpholine rings is 1. The number of aliphatic carboxylic acids is 1. The van der Waals surface area contributed by atoms with E-state index in [0.29, 0.717) is 23.3 Å². The van der Waals surface area contributed by atoms with E-state index in [2.05, 4.69) is 15.9 Å². The number of hydrogen-bond donors (Lipinski definition) is 1. The first-order chi connectivity index (χ1) is 9.49. The largest absolute Gasteiger partial charge is 0.481 e. The Balaban J connectivity index is 2.38. The van der Waals surface area contributed by atoms with Crippen molar-refractivity contribution in [2.45, 2.75) is 12.5 Å². The number of ether oxygens (including phenoxy) is 1. The number of carbonyl (C=O) groups is 1. The van der Waals surface area contributed by atoms with Crippen LogP contribution in [-0.2, 0) is 9.53 Å². The smallest absolute Gasteiger partial charge is 0.305 e. The van der Waals surface area contributed by atoms with E-state index in [1.165, 1.54) is 6.07 Å². The molecule has 2 rings (SSSR count). The van der Waals surface area contributed by atoms with E-state index in [4.69, 9.17) is 9.84 Å². The van der Waals surface area contributed by atoms with E-state index in [1.807, 2.05) is 0 Å². The van der Waals surface area contributed by atoms with Gasteiger partial charge in [-0.15, -0.1) is 0 Å². The van der Waals surface area contributed by atoms with Crippen molar-refractivity contribution in [3.8, 4) is 0 Å². The van der Waals surface area contributed by atoms with Crippen LogP contribution in [0.15, 0.2) is 22.7 Å². The maximum absolute atomic E-state index is 11.1. The molecule has 1 atom stereocenters. The predicted molar refractivity (Wildman–Crippen MR) is 75.0 cm³/mol. The van der Waals surface area contributed by atoms with Gasteiger partial charge in [0, 0.05) is 17.1 Å². The van der Waals surface area contributed by atoms with E-state index >= 15 is 0 Å². The zero-order valence-electron chi connectivity index (χ0n) is 10.5. The summed E-state index contributed by atoms with van der Waals surface area (Å²) in [5.74, 6) is -0.955. The molecule has 1 aromatic carbocycles. The van der Waals surface area contributed by atoms with Gasteiger partial charge in [0.2, 0.25) is 0 Å². The van der Waals surface area contributed by atoms with Crippen molar-refractivity contribution in [3.63, 3.8) is 0 Å². The number of nitro benzene ring substituents is 1. The minimum atomic E-state index is -0.955. The van der Waals surface area contributed by atoms with Crippen molar-refractivity contribution in [1.29, 1.82) is 0 Å². The van der Waals surface area contributed by atoms with Crippen LogP contribution in [-0.4, -0.2) is 41.8 Å². The number of carboxylic acid groups (broad SMARTS) is 1. The Morgan fingerprint density at radius 1 is 1.60 bits per heavy atom. The number of nitrogens with zero attached hydrogens (tertiary/aromatic N) is 2. The molecule has 1 saturated heterocycles. The lowest BCUT2D eigenvalue weighted by Gasteiger charge is -2.36. The van der Waals surface area contributed by atoms with E-state index in [9.17, 15) is 14.9 Å². The van der Waals surface area contributed by atoms with Crippen LogP contribution < -0.4 is 4.90 Å². The standard InChI is InChI=1S/C12H13BrN2O5/c13-8-1-2-10(15(18)19)11(5-8)14-3-4-20-7-9(14)6-12(16)17/h1-2,5,9H,3-4,6-7H2,(H,16,17). The molecule has 0 saturated carbocycles. The number of hydrogen-bond acceptors (Lipinski definition) is 5. The van der Waals surface area contributed by atoms with Gasteiger partial charge in [-0.2, -0.15) is 0 Å². The molecule has 1 fully saturated rings. The Bertz CT molecular complexity index is 537. The molecule has 0 bridgehead atoms. The molecule has 1 N–H and O–H groups in total. The monoisotopic (exact) mass is 344 g/mol. The second kappa shape index (κ2) is 6.19. The first kappa shape index (κ1) is 14.7. The van der Waals surface area contributed by atoms with Gasteiger partial charge in [-0.25, -0.2) is 0 Å². The molecule has 7 nitrogen and oxygen atoms in total. The number of nitro groups is 1. The van der Waals surface area contributed by atoms with Gasteiger partial charge in [0.05, 0.1) is 30.6 Å². The molecular weight excluding hydrogens is 332 g/mol. The zero-order valence-corrected chi connectivity index (χ0v) is 12.1. The molecule has 0 spiro atoms. The molecule has 1 aliphatic rings. The third kappa shape index (κ3) is 3.26. The summed E-state index contributed by atoms with van der Waals surface area (Å²) >= 11 is 3.29. The van der Waals surface area contributed by atoms with Gasteiger partial charge in [0.15, 0.2) is 0 Å². The van der Waals surface area contributed by atoms with Crippen LogP contribution in [0.1, 0.15) is 6.42 Å². The fourth-order valence-electron chi connectivity index (χ4n) is 2.22. The number of halogens is 1. The quantitative estimate of drug-likeness (QED) is 0.663. The molecule has 1 aromatic rings. The summed E-state index contributed by atoms with van der Waals surface area (Å²) in [7, 11) is 0. The van der Waals surface area contributed by atoms with Crippen LogP contribution >= 0.6 is 15.9 Å². The normalized spacial score (nSPS) is 18.9. The van der Waals surface area contributed by atoms with Crippen molar-refractivity contribution >= 4 is 33.3 Å². The first-order valence-corrected chi connectivity index (χ1v) is 6.78. The molecule has 20 heavy (non-hydrogen) atoms. The van der Waals surface area contributed by atoms with Crippen LogP contribution in [0.3, 0.4) is 0 Å². The Hall–Kier alpha value is -1.67. The highest BCUT2D eigenvalue weighted by Gasteiger charge is 2.30. The summed E-state index contributed by atoms with van der Waals surface area (Å²) in [5, 5.41) is 20.1. The van der Waals surface area contributed by atoms with E-state index in [1.54, 1.807) is 17.0 Å². The average molecular weight is 345 g/mol. The molecule has 0 amide bonds. The molecule has 1 aliphatic heterocycles. The summed E-state index contributed by atoms with van der Waals surface area (Å²) < 4.78 is 5.99. The van der Waals surface area contributed by atoms with Crippen LogP contribution in [0.25, 0.3) is 0 Å². The van der Waals surface area contributed by atoms with Gasteiger partial charge < -0.3 is 14.7 Å². The van der Waals surface area contributed by atoms with Gasteiger partial charge in [0.25, 0.3) is 5.69 Å². The topological polar surface area (TPSA) is 92.9 Å². The average Bonchev–Trinajstić information content (AvgIpc) is 2.38. The molecule has 108 valence electrons. The van der Waals surface area contributed by atoms with E-state index in [0.717, 1.165) is 0 Å². The SMILES string of the molecule is O=C(O)CC1COCCN1c1cc(Br)ccc1[N+](=O)[O-]. The third-order valence-electron chi connectivity index (χ3n) is 3.08. The molecule has 0 aromatic heterocycles. The first-order valence-electron chi connectivity index (χ1n) is 5.99. The molecule has 1 heterocycles. The van der Waals surface area contributed by atoms with Gasteiger partial charge in [-0.05, 0) is 12.1 Å². The number of anilines is 1. The van der Waals surface area contributed by atoms with Crippen molar-refractivity contribution in [3.05, 3.63) is 32.8 Å². The summed E-state index contributed by atoms with van der Waals surface area (Å²) in [6, 6.07) is 4.23. The lowest BCUT2D eigenvalue weighted by molar-refractivity contribution is -0.384. The highest BCUT2D eigenvalue weighted by atomic mass is 79.9. The predicted octanol–water partition coefficient (Wildman–Crippen LogP) is 2.04. The van der Waals surface area contributed by atoms with Crippen molar-refractivity contribution in [2.24, 2.45) is 0 Å². The molecule has 1 unspecified atom stereocenters. The van der Waals surface area contributed by atoms with Gasteiger partial charge in [-0.3, -0.25) is 14.9 Å². The highest BCUT2D eigenvalue weighted by Crippen LogP contribution is 2.33. The maximum atomic E-state index is 11.1.